The fraction of sp³-hybridized carbons (Fsp3) is 0.632. The normalized spacial score (nSPS) is 25.7. The number of methoxy groups -OCH3 is 1. The second kappa shape index (κ2) is 8.10. The smallest absolute Gasteiger partial charge is 0.327 e. The fourth-order valence-corrected chi connectivity index (χ4v) is 3.86. The molecule has 1 N–H and O–H groups in total. The Morgan fingerprint density at radius 2 is 1.88 bits per heavy atom. The highest BCUT2D eigenvalue weighted by Crippen LogP contribution is 2.23. The number of nitrogens with zero attached hydrogens (tertiary/aromatic N) is 2. The van der Waals surface area contributed by atoms with E-state index in [1.54, 1.807) is 0 Å². The van der Waals surface area contributed by atoms with Gasteiger partial charge in [0, 0.05) is 39.3 Å². The summed E-state index contributed by atoms with van der Waals surface area (Å²) in [6.07, 6.45) is 3.04. The minimum Gasteiger partial charge on any atom is -0.468 e. The number of rotatable bonds is 6. The Morgan fingerprint density at radius 3 is 2.50 bits per heavy atom. The Morgan fingerprint density at radius 1 is 1.17 bits per heavy atom. The number of nitrogens with one attached hydrogen (secondary N) is 1. The maximum absolute atomic E-state index is 12.2. The highest BCUT2D eigenvalue weighted by molar-refractivity contribution is 5.81. The molecule has 2 aliphatic heterocycles. The Labute approximate surface area is 145 Å². The molecular weight excluding hydrogens is 302 g/mol. The second-order valence-corrected chi connectivity index (χ2v) is 6.96. The summed E-state index contributed by atoms with van der Waals surface area (Å²) in [5.41, 5.74) is 0.917. The molecule has 0 unspecified atom stereocenters. The van der Waals surface area contributed by atoms with Gasteiger partial charge in [0.05, 0.1) is 7.11 Å². The Balaban J connectivity index is 1.45. The molecule has 0 radical (unpaired) electrons. The lowest BCUT2D eigenvalue weighted by Gasteiger charge is -2.39. The number of hydrogen-bond acceptors (Lipinski definition) is 5. The first kappa shape index (κ1) is 17.4. The molecule has 0 spiro atoms. The van der Waals surface area contributed by atoms with Gasteiger partial charge in [-0.1, -0.05) is 30.3 Å². The van der Waals surface area contributed by atoms with Crippen LogP contribution in [0.4, 0.5) is 0 Å². The third kappa shape index (κ3) is 4.15. The standard InChI is InChI=1S/C19H29N3O2/c1-24-18(23)19(9-5-10-20-19)16-22-14-12-21(13-15-22)11-8-17-6-3-2-4-7-17/h2-4,6-7,20H,5,8-16H2,1H3/t19-/m0/s1. The predicted octanol–water partition coefficient (Wildman–Crippen LogP) is 1.14. The van der Waals surface area contributed by atoms with E-state index in [-0.39, 0.29) is 5.97 Å². The molecule has 0 bridgehead atoms. The maximum Gasteiger partial charge on any atom is 0.327 e. The first-order valence-corrected chi connectivity index (χ1v) is 9.04. The summed E-state index contributed by atoms with van der Waals surface area (Å²) in [7, 11) is 1.49. The van der Waals surface area contributed by atoms with Crippen molar-refractivity contribution in [3.63, 3.8) is 0 Å². The summed E-state index contributed by atoms with van der Waals surface area (Å²) in [6.45, 7) is 6.98. The SMILES string of the molecule is COC(=O)[C@@]1(CN2CCN(CCc3ccccc3)CC2)CCCN1. The van der Waals surface area contributed by atoms with Crippen LogP contribution in [0, 0.1) is 0 Å². The summed E-state index contributed by atoms with van der Waals surface area (Å²) in [4.78, 5) is 17.1. The van der Waals surface area contributed by atoms with Gasteiger partial charge in [-0.05, 0) is 31.4 Å². The van der Waals surface area contributed by atoms with Crippen LogP contribution in [-0.2, 0) is 16.0 Å². The number of esters is 1. The van der Waals surface area contributed by atoms with E-state index in [1.165, 1.54) is 12.7 Å². The summed E-state index contributed by atoms with van der Waals surface area (Å²) in [5, 5.41) is 3.40. The van der Waals surface area contributed by atoms with Gasteiger partial charge in [-0.25, -0.2) is 0 Å². The van der Waals surface area contributed by atoms with Gasteiger partial charge in [0.25, 0.3) is 0 Å². The Kier molecular flexibility index (Phi) is 5.87. The van der Waals surface area contributed by atoms with Crippen molar-refractivity contribution < 1.29 is 9.53 Å². The first-order valence-electron chi connectivity index (χ1n) is 9.04. The van der Waals surface area contributed by atoms with Gasteiger partial charge in [-0.3, -0.25) is 9.69 Å². The molecule has 1 aromatic rings. The first-order chi connectivity index (χ1) is 11.7. The topological polar surface area (TPSA) is 44.8 Å². The van der Waals surface area contributed by atoms with Gasteiger partial charge in [-0.15, -0.1) is 0 Å². The highest BCUT2D eigenvalue weighted by atomic mass is 16.5. The number of benzene rings is 1. The predicted molar refractivity (Wildman–Crippen MR) is 95.0 cm³/mol. The van der Waals surface area contributed by atoms with Crippen LogP contribution in [0.1, 0.15) is 18.4 Å². The molecule has 2 aliphatic rings. The number of carbonyl (C=O) groups excluding carboxylic acids is 1. The zero-order valence-corrected chi connectivity index (χ0v) is 14.7. The molecular formula is C19H29N3O2. The summed E-state index contributed by atoms with van der Waals surface area (Å²) in [5.74, 6) is -0.105. The van der Waals surface area contributed by atoms with Crippen molar-refractivity contribution in [3.05, 3.63) is 35.9 Å². The fourth-order valence-electron chi connectivity index (χ4n) is 3.86. The number of ether oxygens (including phenoxy) is 1. The summed E-state index contributed by atoms with van der Waals surface area (Å²) in [6, 6.07) is 10.7. The molecule has 3 rings (SSSR count). The van der Waals surface area contributed by atoms with Crippen molar-refractivity contribution in [3.8, 4) is 0 Å². The molecule has 1 aromatic carbocycles. The lowest BCUT2D eigenvalue weighted by molar-refractivity contribution is -0.149. The van der Waals surface area contributed by atoms with Crippen LogP contribution >= 0.6 is 0 Å². The van der Waals surface area contributed by atoms with Gasteiger partial charge in [0.15, 0.2) is 0 Å². The summed E-state index contributed by atoms with van der Waals surface area (Å²) < 4.78 is 5.05. The van der Waals surface area contributed by atoms with Crippen molar-refractivity contribution in [2.75, 3.05) is 52.9 Å². The highest BCUT2D eigenvalue weighted by Gasteiger charge is 2.43. The average molecular weight is 331 g/mol. The molecule has 0 saturated carbocycles. The van der Waals surface area contributed by atoms with E-state index in [0.717, 1.165) is 65.1 Å². The van der Waals surface area contributed by atoms with E-state index < -0.39 is 5.54 Å². The van der Waals surface area contributed by atoms with Crippen molar-refractivity contribution in [2.24, 2.45) is 0 Å². The van der Waals surface area contributed by atoms with E-state index >= 15 is 0 Å². The van der Waals surface area contributed by atoms with Gasteiger partial charge >= 0.3 is 5.97 Å². The van der Waals surface area contributed by atoms with Crippen LogP contribution in [0.25, 0.3) is 0 Å². The summed E-state index contributed by atoms with van der Waals surface area (Å²) >= 11 is 0. The van der Waals surface area contributed by atoms with E-state index in [4.69, 9.17) is 4.74 Å². The van der Waals surface area contributed by atoms with Crippen LogP contribution in [-0.4, -0.2) is 74.2 Å². The molecule has 2 saturated heterocycles. The molecule has 2 fully saturated rings. The molecule has 24 heavy (non-hydrogen) atoms. The molecule has 0 aliphatic carbocycles. The van der Waals surface area contributed by atoms with E-state index in [0.29, 0.717) is 0 Å². The van der Waals surface area contributed by atoms with E-state index in [9.17, 15) is 4.79 Å². The monoisotopic (exact) mass is 331 g/mol. The van der Waals surface area contributed by atoms with Crippen molar-refractivity contribution in [2.45, 2.75) is 24.8 Å². The Bertz CT molecular complexity index is 521. The third-order valence-corrected chi connectivity index (χ3v) is 5.34. The zero-order chi connectivity index (χ0) is 16.8. The maximum atomic E-state index is 12.2. The van der Waals surface area contributed by atoms with Crippen LogP contribution < -0.4 is 5.32 Å². The van der Waals surface area contributed by atoms with Crippen molar-refractivity contribution in [1.29, 1.82) is 0 Å². The Hall–Kier alpha value is -1.43. The number of piperazine rings is 1. The average Bonchev–Trinajstić information content (AvgIpc) is 3.11. The van der Waals surface area contributed by atoms with Gasteiger partial charge < -0.3 is 15.0 Å². The number of carbonyl (C=O) groups is 1. The van der Waals surface area contributed by atoms with Crippen LogP contribution in [0.2, 0.25) is 0 Å². The second-order valence-electron chi connectivity index (χ2n) is 6.96. The zero-order valence-electron chi connectivity index (χ0n) is 14.7. The minimum atomic E-state index is -0.485. The van der Waals surface area contributed by atoms with Crippen LogP contribution in [0.5, 0.6) is 0 Å². The van der Waals surface area contributed by atoms with E-state index in [2.05, 4.69) is 45.4 Å². The molecule has 2 heterocycles. The van der Waals surface area contributed by atoms with Crippen molar-refractivity contribution >= 4 is 5.97 Å². The molecule has 0 amide bonds. The molecule has 132 valence electrons. The third-order valence-electron chi connectivity index (χ3n) is 5.34. The van der Waals surface area contributed by atoms with Crippen LogP contribution in [0.3, 0.4) is 0 Å². The van der Waals surface area contributed by atoms with Gasteiger partial charge in [-0.2, -0.15) is 0 Å². The molecule has 5 nitrogen and oxygen atoms in total. The van der Waals surface area contributed by atoms with Gasteiger partial charge in [0.1, 0.15) is 5.54 Å². The largest absolute Gasteiger partial charge is 0.468 e. The molecule has 5 heteroatoms. The lowest BCUT2D eigenvalue weighted by atomic mass is 9.96. The van der Waals surface area contributed by atoms with E-state index in [1.807, 2.05) is 0 Å². The van der Waals surface area contributed by atoms with Gasteiger partial charge in [0.2, 0.25) is 0 Å². The quantitative estimate of drug-likeness (QED) is 0.792. The molecule has 0 aromatic heterocycles. The number of hydrogen-bond donors (Lipinski definition) is 1. The minimum absolute atomic E-state index is 0.105. The van der Waals surface area contributed by atoms with Crippen LogP contribution in [0.15, 0.2) is 30.3 Å². The lowest BCUT2D eigenvalue weighted by Crippen LogP contribution is -2.59. The molecule has 1 atom stereocenters. The van der Waals surface area contributed by atoms with Crippen molar-refractivity contribution in [1.82, 2.24) is 15.1 Å².